The predicted octanol–water partition coefficient (Wildman–Crippen LogP) is 1.97. The zero-order chi connectivity index (χ0) is 29.8. The Morgan fingerprint density at radius 3 is 2.62 bits per heavy atom. The SMILES string of the molecule is CCOc1cc(C2C(=C([O-])c3ccc4c(c3)CC(C)O4)C(=O)C(=O)N2CC[NH+]2CCOCC2)ccc1OCCC(C)C. The number of benzene rings is 2. The number of nitrogens with zero attached hydrogens (tertiary/aromatic N) is 1. The molecule has 3 heterocycles. The number of carbonyl (C=O) groups is 2. The van der Waals surface area contributed by atoms with Gasteiger partial charge in [0.2, 0.25) is 5.78 Å². The van der Waals surface area contributed by atoms with E-state index in [9.17, 15) is 14.7 Å². The molecule has 9 nitrogen and oxygen atoms in total. The van der Waals surface area contributed by atoms with Crippen LogP contribution in [0.4, 0.5) is 0 Å². The van der Waals surface area contributed by atoms with Gasteiger partial charge in [-0.2, -0.15) is 0 Å². The topological polar surface area (TPSA) is 102 Å². The molecule has 0 aliphatic carbocycles. The number of ketones is 1. The number of nitrogens with one attached hydrogen (secondary N) is 1. The number of morpholine rings is 1. The molecule has 1 N–H and O–H groups in total. The van der Waals surface area contributed by atoms with Gasteiger partial charge in [0.15, 0.2) is 11.5 Å². The molecule has 3 aliphatic heterocycles. The first-order valence-electron chi connectivity index (χ1n) is 15.1. The summed E-state index contributed by atoms with van der Waals surface area (Å²) in [7, 11) is 0. The maximum Gasteiger partial charge on any atom is 0.295 e. The molecule has 2 saturated heterocycles. The fraction of sp³-hybridized carbons (Fsp3) is 0.515. The Hall–Kier alpha value is -3.56. The molecule has 9 heteroatoms. The summed E-state index contributed by atoms with van der Waals surface area (Å²) in [6.45, 7) is 13.1. The van der Waals surface area contributed by atoms with Crippen molar-refractivity contribution < 1.29 is 38.5 Å². The molecule has 2 fully saturated rings. The minimum atomic E-state index is -0.828. The molecule has 0 radical (unpaired) electrons. The molecular weight excluding hydrogens is 536 g/mol. The van der Waals surface area contributed by atoms with Gasteiger partial charge in [-0.15, -0.1) is 0 Å². The van der Waals surface area contributed by atoms with Gasteiger partial charge in [-0.1, -0.05) is 31.7 Å². The molecule has 2 aromatic carbocycles. The van der Waals surface area contributed by atoms with Crippen molar-refractivity contribution in [3.63, 3.8) is 0 Å². The summed E-state index contributed by atoms with van der Waals surface area (Å²) >= 11 is 0. The number of Topliss-reactive ketones (excluding diaryl/α,β-unsaturated/α-hetero) is 1. The number of fused-ring (bicyclic) bond motifs is 1. The van der Waals surface area contributed by atoms with Gasteiger partial charge in [-0.25, -0.2) is 0 Å². The van der Waals surface area contributed by atoms with Gasteiger partial charge in [0.1, 0.15) is 24.9 Å². The quantitative estimate of drug-likeness (QED) is 0.247. The molecule has 5 rings (SSSR count). The highest BCUT2D eigenvalue weighted by Crippen LogP contribution is 2.42. The van der Waals surface area contributed by atoms with Crippen molar-refractivity contribution in [3.8, 4) is 17.2 Å². The summed E-state index contributed by atoms with van der Waals surface area (Å²) < 4.78 is 23.3. The second-order valence-corrected chi connectivity index (χ2v) is 11.7. The number of hydrogen-bond donors (Lipinski definition) is 1. The van der Waals surface area contributed by atoms with Gasteiger partial charge in [0.05, 0.1) is 45.6 Å². The number of hydrogen-bond acceptors (Lipinski definition) is 7. The monoisotopic (exact) mass is 578 g/mol. The van der Waals surface area contributed by atoms with Crippen molar-refractivity contribution in [3.05, 3.63) is 58.7 Å². The molecule has 0 saturated carbocycles. The highest BCUT2D eigenvalue weighted by atomic mass is 16.5. The van der Waals surface area contributed by atoms with Crippen molar-refractivity contribution in [2.45, 2.75) is 52.7 Å². The van der Waals surface area contributed by atoms with E-state index < -0.39 is 23.5 Å². The summed E-state index contributed by atoms with van der Waals surface area (Å²) in [5.41, 5.74) is 1.93. The van der Waals surface area contributed by atoms with Gasteiger partial charge < -0.3 is 33.9 Å². The number of ether oxygens (including phenoxy) is 4. The number of carbonyl (C=O) groups excluding carboxylic acids is 2. The zero-order valence-electron chi connectivity index (χ0n) is 25.1. The van der Waals surface area contributed by atoms with E-state index in [0.29, 0.717) is 74.5 Å². The van der Waals surface area contributed by atoms with E-state index >= 15 is 0 Å². The first-order chi connectivity index (χ1) is 20.3. The predicted molar refractivity (Wildman–Crippen MR) is 156 cm³/mol. The Labute approximate surface area is 248 Å². The second kappa shape index (κ2) is 13.2. The molecule has 0 aromatic heterocycles. The van der Waals surface area contributed by atoms with Gasteiger partial charge in [0.25, 0.3) is 5.91 Å². The third-order valence-corrected chi connectivity index (χ3v) is 8.13. The van der Waals surface area contributed by atoms with E-state index in [2.05, 4.69) is 13.8 Å². The van der Waals surface area contributed by atoms with Crippen molar-refractivity contribution >= 4 is 17.4 Å². The van der Waals surface area contributed by atoms with Crippen LogP contribution in [0.25, 0.3) is 5.76 Å². The van der Waals surface area contributed by atoms with Crippen LogP contribution in [-0.4, -0.2) is 75.3 Å². The maximum atomic E-state index is 14.0. The molecule has 2 unspecified atom stereocenters. The molecular formula is C33H42N2O7. The highest BCUT2D eigenvalue weighted by molar-refractivity contribution is 6.46. The minimum absolute atomic E-state index is 0.0249. The first kappa shape index (κ1) is 29.9. The van der Waals surface area contributed by atoms with E-state index in [0.717, 1.165) is 30.8 Å². The molecule has 0 spiro atoms. The lowest BCUT2D eigenvalue weighted by Gasteiger charge is -2.30. The molecule has 42 heavy (non-hydrogen) atoms. The normalized spacial score (nSPS) is 22.0. The van der Waals surface area contributed by atoms with Gasteiger partial charge >= 0.3 is 0 Å². The smallest absolute Gasteiger partial charge is 0.295 e. The molecule has 226 valence electrons. The third kappa shape index (κ3) is 6.42. The lowest BCUT2D eigenvalue weighted by molar-refractivity contribution is -0.907. The Morgan fingerprint density at radius 1 is 1.10 bits per heavy atom. The average Bonchev–Trinajstić information content (AvgIpc) is 3.47. The maximum absolute atomic E-state index is 14.0. The molecule has 2 atom stereocenters. The standard InChI is InChI=1S/C33H42N2O7/c1-5-40-28-20-23(6-9-27(28)41-15-10-21(2)3)30-29(31(36)24-7-8-26-25(19-24)18-22(4)42-26)32(37)33(38)35(30)12-11-34-13-16-39-17-14-34/h6-9,19-22,30,36H,5,10-18H2,1-4H3. The molecule has 0 bridgehead atoms. The Balaban J connectivity index is 1.53. The lowest BCUT2D eigenvalue weighted by atomic mass is 9.94. The molecule has 2 aromatic rings. The van der Waals surface area contributed by atoms with E-state index in [1.807, 2.05) is 32.0 Å². The van der Waals surface area contributed by atoms with Crippen LogP contribution in [0.2, 0.25) is 0 Å². The summed E-state index contributed by atoms with van der Waals surface area (Å²) in [5, 5.41) is 14.0. The number of likely N-dealkylation sites (tertiary alicyclic amines) is 1. The summed E-state index contributed by atoms with van der Waals surface area (Å²) in [4.78, 5) is 30.0. The van der Waals surface area contributed by atoms with E-state index in [1.165, 1.54) is 4.90 Å². The van der Waals surface area contributed by atoms with Crippen LogP contribution in [0.5, 0.6) is 17.2 Å². The van der Waals surface area contributed by atoms with E-state index in [4.69, 9.17) is 18.9 Å². The first-order valence-corrected chi connectivity index (χ1v) is 15.1. The van der Waals surface area contributed by atoms with Crippen LogP contribution in [-0.2, 0) is 20.7 Å². The van der Waals surface area contributed by atoms with E-state index in [-0.39, 0.29) is 11.7 Å². The summed E-state index contributed by atoms with van der Waals surface area (Å²) in [6, 6.07) is 9.88. The van der Waals surface area contributed by atoms with Crippen LogP contribution >= 0.6 is 0 Å². The third-order valence-electron chi connectivity index (χ3n) is 8.13. The van der Waals surface area contributed by atoms with Gasteiger partial charge in [0, 0.05) is 12.0 Å². The van der Waals surface area contributed by atoms with Crippen LogP contribution < -0.4 is 24.2 Å². The van der Waals surface area contributed by atoms with Crippen molar-refractivity contribution in [2.24, 2.45) is 5.92 Å². The Bertz CT molecular complexity index is 1330. The van der Waals surface area contributed by atoms with Crippen molar-refractivity contribution in [1.82, 2.24) is 4.90 Å². The van der Waals surface area contributed by atoms with Crippen molar-refractivity contribution in [1.29, 1.82) is 0 Å². The fourth-order valence-corrected chi connectivity index (χ4v) is 5.84. The van der Waals surface area contributed by atoms with Crippen LogP contribution in [0.15, 0.2) is 42.0 Å². The fourth-order valence-electron chi connectivity index (χ4n) is 5.84. The highest BCUT2D eigenvalue weighted by Gasteiger charge is 2.45. The summed E-state index contributed by atoms with van der Waals surface area (Å²) in [6.07, 6.45) is 1.61. The van der Waals surface area contributed by atoms with Crippen LogP contribution in [0.1, 0.15) is 56.8 Å². The number of amides is 1. The number of quaternary nitrogens is 1. The minimum Gasteiger partial charge on any atom is -0.872 e. The Kier molecular flexibility index (Phi) is 9.38. The zero-order valence-corrected chi connectivity index (χ0v) is 25.1. The number of rotatable bonds is 11. The average molecular weight is 579 g/mol. The largest absolute Gasteiger partial charge is 0.872 e. The Morgan fingerprint density at radius 2 is 1.88 bits per heavy atom. The van der Waals surface area contributed by atoms with Crippen molar-refractivity contribution in [2.75, 3.05) is 52.6 Å². The van der Waals surface area contributed by atoms with Crippen LogP contribution in [0, 0.1) is 5.92 Å². The van der Waals surface area contributed by atoms with Crippen LogP contribution in [0.3, 0.4) is 0 Å². The summed E-state index contributed by atoms with van der Waals surface area (Å²) in [5.74, 6) is 0.541. The molecule has 1 amide bonds. The second-order valence-electron chi connectivity index (χ2n) is 11.7. The molecule has 3 aliphatic rings. The lowest BCUT2D eigenvalue weighted by Crippen LogP contribution is -3.14. The van der Waals surface area contributed by atoms with E-state index in [1.54, 1.807) is 23.1 Å². The van der Waals surface area contributed by atoms with Gasteiger partial charge in [-0.3, -0.25) is 9.59 Å². The van der Waals surface area contributed by atoms with Gasteiger partial charge in [-0.05, 0) is 67.1 Å².